The number of imidazole rings is 1. The van der Waals surface area contributed by atoms with Gasteiger partial charge in [0.15, 0.2) is 0 Å². The van der Waals surface area contributed by atoms with Crippen molar-refractivity contribution in [1.29, 1.82) is 0 Å². The Kier molecular flexibility index (Phi) is 6.17. The van der Waals surface area contributed by atoms with Gasteiger partial charge in [-0.05, 0) is 66.2 Å². The SMILES string of the molecule is Oc1ccccc1C=Nc1cccc(/C=C\c2nc3ccc(N=Cc4ccccc4O)cc3[nH]2)c1. The Morgan fingerprint density at radius 2 is 1.31 bits per heavy atom. The van der Waals surface area contributed by atoms with E-state index in [1.54, 1.807) is 36.7 Å². The zero-order chi connectivity index (χ0) is 24.0. The maximum Gasteiger partial charge on any atom is 0.131 e. The first-order valence-electron chi connectivity index (χ1n) is 11.1. The first kappa shape index (κ1) is 21.9. The molecule has 5 aromatic rings. The van der Waals surface area contributed by atoms with E-state index in [1.165, 1.54) is 0 Å². The molecule has 0 unspecified atom stereocenters. The van der Waals surface area contributed by atoms with E-state index >= 15 is 0 Å². The third kappa shape index (κ3) is 5.34. The minimum atomic E-state index is 0.194. The number of phenols is 2. The van der Waals surface area contributed by atoms with Crippen LogP contribution >= 0.6 is 0 Å². The molecule has 0 radical (unpaired) electrons. The number of aliphatic imine (C=N–C) groups is 2. The predicted molar refractivity (Wildman–Crippen MR) is 142 cm³/mol. The zero-order valence-corrected chi connectivity index (χ0v) is 18.7. The maximum atomic E-state index is 9.89. The Labute approximate surface area is 202 Å². The molecule has 6 heteroatoms. The number of rotatable bonds is 6. The van der Waals surface area contributed by atoms with Gasteiger partial charge in [0.2, 0.25) is 0 Å². The fraction of sp³-hybridized carbons (Fsp3) is 0. The van der Waals surface area contributed by atoms with E-state index in [0.29, 0.717) is 11.1 Å². The maximum absolute atomic E-state index is 9.89. The van der Waals surface area contributed by atoms with Crippen LogP contribution in [-0.4, -0.2) is 32.6 Å². The molecular formula is C29H22N4O2. The molecule has 0 fully saturated rings. The van der Waals surface area contributed by atoms with Crippen LogP contribution in [0.25, 0.3) is 23.2 Å². The summed E-state index contributed by atoms with van der Waals surface area (Å²) in [5.41, 5.74) is 5.56. The molecule has 3 N–H and O–H groups in total. The highest BCUT2D eigenvalue weighted by atomic mass is 16.3. The van der Waals surface area contributed by atoms with Crippen LogP contribution in [0.2, 0.25) is 0 Å². The zero-order valence-electron chi connectivity index (χ0n) is 18.7. The molecule has 1 aromatic heterocycles. The van der Waals surface area contributed by atoms with E-state index < -0.39 is 0 Å². The molecule has 0 atom stereocenters. The van der Waals surface area contributed by atoms with Crippen LogP contribution in [0.3, 0.4) is 0 Å². The fourth-order valence-electron chi connectivity index (χ4n) is 3.54. The number of aromatic nitrogens is 2. The Morgan fingerprint density at radius 1 is 0.657 bits per heavy atom. The molecule has 0 aliphatic rings. The summed E-state index contributed by atoms with van der Waals surface area (Å²) in [7, 11) is 0. The van der Waals surface area contributed by atoms with E-state index in [-0.39, 0.29) is 11.5 Å². The van der Waals surface area contributed by atoms with Crippen molar-refractivity contribution in [2.45, 2.75) is 0 Å². The minimum Gasteiger partial charge on any atom is -0.507 e. The monoisotopic (exact) mass is 458 g/mol. The summed E-state index contributed by atoms with van der Waals surface area (Å²) >= 11 is 0. The highest BCUT2D eigenvalue weighted by Gasteiger charge is 2.02. The molecule has 0 aliphatic carbocycles. The average Bonchev–Trinajstić information content (AvgIpc) is 3.29. The third-order valence-electron chi connectivity index (χ3n) is 5.37. The number of benzene rings is 4. The summed E-state index contributed by atoms with van der Waals surface area (Å²) in [6.45, 7) is 0. The van der Waals surface area contributed by atoms with Crippen LogP contribution in [0.15, 0.2) is 101 Å². The molecule has 1 heterocycles. The standard InChI is InChI=1S/C29H22N4O2/c34-27-10-3-1-7-21(27)18-30-23-9-5-6-20(16-23)12-15-29-32-25-14-13-24(17-26(25)33-29)31-19-22-8-2-4-11-28(22)35/h1-19,34-35H,(H,32,33)/b15-12-,30-18?,31-19?. The normalized spacial score (nSPS) is 11.9. The number of hydrogen-bond donors (Lipinski definition) is 3. The van der Waals surface area contributed by atoms with E-state index in [1.807, 2.05) is 78.9 Å². The van der Waals surface area contributed by atoms with Gasteiger partial charge in [0.25, 0.3) is 0 Å². The second kappa shape index (κ2) is 9.89. The first-order valence-corrected chi connectivity index (χ1v) is 11.1. The van der Waals surface area contributed by atoms with Crippen LogP contribution in [0.4, 0.5) is 11.4 Å². The molecule has 0 saturated carbocycles. The number of aromatic hydroxyl groups is 2. The molecule has 0 bridgehead atoms. The topological polar surface area (TPSA) is 93.9 Å². The number of hydrogen-bond acceptors (Lipinski definition) is 5. The van der Waals surface area contributed by atoms with Gasteiger partial charge >= 0.3 is 0 Å². The second-order valence-electron chi connectivity index (χ2n) is 7.89. The van der Waals surface area contributed by atoms with Gasteiger partial charge < -0.3 is 15.2 Å². The fourth-order valence-corrected chi connectivity index (χ4v) is 3.54. The molecule has 0 spiro atoms. The van der Waals surface area contributed by atoms with Crippen molar-refractivity contribution >= 4 is 47.0 Å². The Balaban J connectivity index is 1.32. The third-order valence-corrected chi connectivity index (χ3v) is 5.37. The van der Waals surface area contributed by atoms with Gasteiger partial charge in [-0.3, -0.25) is 9.98 Å². The lowest BCUT2D eigenvalue weighted by molar-refractivity contribution is 0.474. The summed E-state index contributed by atoms with van der Waals surface area (Å²) in [6, 6.07) is 27.7. The van der Waals surface area contributed by atoms with E-state index in [4.69, 9.17) is 0 Å². The van der Waals surface area contributed by atoms with Crippen molar-refractivity contribution in [2.24, 2.45) is 9.98 Å². The Hall–Kier alpha value is -4.97. The van der Waals surface area contributed by atoms with Crippen LogP contribution in [0.1, 0.15) is 22.5 Å². The summed E-state index contributed by atoms with van der Waals surface area (Å²) in [4.78, 5) is 16.9. The Bertz CT molecular complexity index is 1580. The van der Waals surface area contributed by atoms with Crippen LogP contribution in [0.5, 0.6) is 11.5 Å². The lowest BCUT2D eigenvalue weighted by Crippen LogP contribution is -1.81. The predicted octanol–water partition coefficient (Wildman–Crippen LogP) is 6.65. The second-order valence-corrected chi connectivity index (χ2v) is 7.89. The van der Waals surface area contributed by atoms with Gasteiger partial charge in [-0.1, -0.05) is 42.5 Å². The van der Waals surface area contributed by atoms with Crippen molar-refractivity contribution in [3.63, 3.8) is 0 Å². The number of H-pyrrole nitrogens is 1. The van der Waals surface area contributed by atoms with Gasteiger partial charge in [0.1, 0.15) is 17.3 Å². The van der Waals surface area contributed by atoms with E-state index in [2.05, 4.69) is 20.0 Å². The first-order chi connectivity index (χ1) is 17.1. The van der Waals surface area contributed by atoms with Gasteiger partial charge in [-0.15, -0.1) is 0 Å². The molecule has 35 heavy (non-hydrogen) atoms. The summed E-state index contributed by atoms with van der Waals surface area (Å²) < 4.78 is 0. The number of phenolic OH excluding ortho intramolecular Hbond substituents is 2. The highest BCUT2D eigenvalue weighted by Crippen LogP contribution is 2.22. The minimum absolute atomic E-state index is 0.194. The van der Waals surface area contributed by atoms with Crippen molar-refractivity contribution < 1.29 is 10.2 Å². The van der Waals surface area contributed by atoms with Crippen LogP contribution in [0, 0.1) is 0 Å². The van der Waals surface area contributed by atoms with Crippen molar-refractivity contribution in [3.05, 3.63) is 114 Å². The molecule has 6 nitrogen and oxygen atoms in total. The van der Waals surface area contributed by atoms with E-state index in [0.717, 1.165) is 33.8 Å². The molecule has 5 rings (SSSR count). The quantitative estimate of drug-likeness (QED) is 0.249. The number of nitrogens with one attached hydrogen (secondary N) is 1. The number of nitrogens with zero attached hydrogens (tertiary/aromatic N) is 3. The van der Waals surface area contributed by atoms with Crippen molar-refractivity contribution in [1.82, 2.24) is 9.97 Å². The van der Waals surface area contributed by atoms with Gasteiger partial charge in [0, 0.05) is 23.6 Å². The highest BCUT2D eigenvalue weighted by molar-refractivity contribution is 5.88. The number of fused-ring (bicyclic) bond motifs is 1. The largest absolute Gasteiger partial charge is 0.507 e. The molecule has 170 valence electrons. The van der Waals surface area contributed by atoms with Gasteiger partial charge in [-0.25, -0.2) is 4.98 Å². The van der Waals surface area contributed by atoms with Gasteiger partial charge in [-0.2, -0.15) is 0 Å². The summed E-state index contributed by atoms with van der Waals surface area (Å²) in [5, 5.41) is 19.8. The molecular weight excluding hydrogens is 436 g/mol. The van der Waals surface area contributed by atoms with Crippen LogP contribution in [-0.2, 0) is 0 Å². The summed E-state index contributed by atoms with van der Waals surface area (Å²) in [5.74, 6) is 1.12. The molecule has 0 saturated heterocycles. The smallest absolute Gasteiger partial charge is 0.131 e. The summed E-state index contributed by atoms with van der Waals surface area (Å²) in [6.07, 6.45) is 7.17. The molecule has 0 amide bonds. The van der Waals surface area contributed by atoms with Gasteiger partial charge in [0.05, 0.1) is 22.4 Å². The lowest BCUT2D eigenvalue weighted by atomic mass is 10.2. The van der Waals surface area contributed by atoms with Crippen molar-refractivity contribution in [2.75, 3.05) is 0 Å². The molecule has 0 aliphatic heterocycles. The van der Waals surface area contributed by atoms with Crippen molar-refractivity contribution in [3.8, 4) is 11.5 Å². The Morgan fingerprint density at radius 3 is 2.00 bits per heavy atom. The molecule has 4 aromatic carbocycles. The number of para-hydroxylation sites is 2. The average molecular weight is 459 g/mol. The van der Waals surface area contributed by atoms with E-state index in [9.17, 15) is 10.2 Å². The number of aromatic amines is 1. The van der Waals surface area contributed by atoms with Crippen LogP contribution < -0.4 is 0 Å². The lowest BCUT2D eigenvalue weighted by Gasteiger charge is -1.99.